The minimum absolute atomic E-state index is 0.213. The number of ether oxygens (including phenoxy) is 2. The van der Waals surface area contributed by atoms with Gasteiger partial charge in [0.15, 0.2) is 0 Å². The normalized spacial score (nSPS) is 20.1. The van der Waals surface area contributed by atoms with Crippen molar-refractivity contribution >= 4 is 28.9 Å². The van der Waals surface area contributed by atoms with Gasteiger partial charge in [-0.3, -0.25) is 4.79 Å². The molecule has 1 aliphatic heterocycles. The Bertz CT molecular complexity index is 880. The van der Waals surface area contributed by atoms with E-state index in [1.54, 1.807) is 20.8 Å². The molecule has 2 heterocycles. The molecule has 1 saturated heterocycles. The summed E-state index contributed by atoms with van der Waals surface area (Å²) in [5, 5.41) is 1.02. The second-order valence-corrected chi connectivity index (χ2v) is 7.72. The number of carbonyl (C=O) groups excluding carboxylic acids is 3. The summed E-state index contributed by atoms with van der Waals surface area (Å²) < 4.78 is 10.1. The zero-order valence-electron chi connectivity index (χ0n) is 15.9. The number of likely N-dealkylation sites (tertiary alicyclic amines) is 1. The Hall–Kier alpha value is -2.83. The molecule has 2 amide bonds. The SMILES string of the molecule is COC(=O)[C@H]1C[C@H](Cc2c[nH]c3ccccc23)C(=O)N1C(=O)OC(C)(C)C. The molecule has 0 spiro atoms. The van der Waals surface area contributed by atoms with Crippen molar-refractivity contribution in [2.24, 2.45) is 5.92 Å². The highest BCUT2D eigenvalue weighted by molar-refractivity contribution is 6.01. The number of hydrogen-bond acceptors (Lipinski definition) is 5. The molecule has 7 nitrogen and oxygen atoms in total. The number of aromatic nitrogens is 1. The first-order chi connectivity index (χ1) is 12.7. The molecule has 0 radical (unpaired) electrons. The standard InChI is InChI=1S/C20H24N2O5/c1-20(2,3)27-19(25)22-16(18(24)26-4)10-12(17(22)23)9-13-11-21-15-8-6-5-7-14(13)15/h5-8,11-12,16,21H,9-10H2,1-4H3/t12-,16+/m0/s1. The maximum absolute atomic E-state index is 12.9. The van der Waals surface area contributed by atoms with E-state index in [1.165, 1.54) is 7.11 Å². The molecule has 1 aliphatic rings. The average molecular weight is 372 g/mol. The van der Waals surface area contributed by atoms with Crippen molar-refractivity contribution in [1.29, 1.82) is 0 Å². The molecular weight excluding hydrogens is 348 g/mol. The van der Waals surface area contributed by atoms with Gasteiger partial charge in [-0.1, -0.05) is 18.2 Å². The lowest BCUT2D eigenvalue weighted by Gasteiger charge is -2.26. The first-order valence-corrected chi connectivity index (χ1v) is 8.90. The summed E-state index contributed by atoms with van der Waals surface area (Å²) in [6.07, 6.45) is 1.69. The minimum Gasteiger partial charge on any atom is -0.467 e. The van der Waals surface area contributed by atoms with Crippen LogP contribution in [-0.4, -0.2) is 46.6 Å². The number of imide groups is 1. The average Bonchev–Trinajstić information content (AvgIpc) is 3.15. The maximum atomic E-state index is 12.9. The lowest BCUT2D eigenvalue weighted by molar-refractivity contribution is -0.148. The van der Waals surface area contributed by atoms with Gasteiger partial charge in [-0.2, -0.15) is 0 Å². The van der Waals surface area contributed by atoms with E-state index in [0.29, 0.717) is 6.42 Å². The number of benzene rings is 1. The van der Waals surface area contributed by atoms with Crippen LogP contribution in [-0.2, 0) is 25.5 Å². The number of fused-ring (bicyclic) bond motifs is 1. The molecule has 1 aromatic carbocycles. The first-order valence-electron chi connectivity index (χ1n) is 8.90. The van der Waals surface area contributed by atoms with E-state index in [9.17, 15) is 14.4 Å². The summed E-state index contributed by atoms with van der Waals surface area (Å²) in [5.74, 6) is -1.53. The Labute approximate surface area is 157 Å². The van der Waals surface area contributed by atoms with E-state index in [4.69, 9.17) is 9.47 Å². The van der Waals surface area contributed by atoms with Crippen molar-refractivity contribution in [1.82, 2.24) is 9.88 Å². The van der Waals surface area contributed by atoms with E-state index in [-0.39, 0.29) is 6.42 Å². The predicted molar refractivity (Wildman–Crippen MR) is 99.0 cm³/mol. The lowest BCUT2D eigenvalue weighted by atomic mass is 9.96. The van der Waals surface area contributed by atoms with Crippen molar-refractivity contribution in [3.8, 4) is 0 Å². The molecule has 0 saturated carbocycles. The summed E-state index contributed by atoms with van der Waals surface area (Å²) in [4.78, 5) is 41.7. The Balaban J connectivity index is 1.86. The zero-order valence-corrected chi connectivity index (χ0v) is 15.9. The van der Waals surface area contributed by atoms with Crippen LogP contribution in [0.25, 0.3) is 10.9 Å². The van der Waals surface area contributed by atoms with Gasteiger partial charge in [0, 0.05) is 23.0 Å². The largest absolute Gasteiger partial charge is 0.467 e. The van der Waals surface area contributed by atoms with Gasteiger partial charge in [0.2, 0.25) is 5.91 Å². The third-order valence-corrected chi connectivity index (χ3v) is 4.61. The van der Waals surface area contributed by atoms with Gasteiger partial charge < -0.3 is 14.5 Å². The molecule has 1 N–H and O–H groups in total. The third-order valence-electron chi connectivity index (χ3n) is 4.61. The Morgan fingerprint density at radius 3 is 2.63 bits per heavy atom. The van der Waals surface area contributed by atoms with Crippen LogP contribution in [0.4, 0.5) is 4.79 Å². The number of nitrogens with one attached hydrogen (secondary N) is 1. The van der Waals surface area contributed by atoms with E-state index in [0.717, 1.165) is 21.4 Å². The van der Waals surface area contributed by atoms with Crippen LogP contribution >= 0.6 is 0 Å². The molecule has 2 aromatic rings. The smallest absolute Gasteiger partial charge is 0.417 e. The highest BCUT2D eigenvalue weighted by Gasteiger charge is 2.48. The molecule has 0 bridgehead atoms. The summed E-state index contributed by atoms with van der Waals surface area (Å²) in [6.45, 7) is 5.13. The number of nitrogens with zero attached hydrogens (tertiary/aromatic N) is 1. The van der Waals surface area contributed by atoms with Crippen LogP contribution in [0, 0.1) is 5.92 Å². The van der Waals surface area contributed by atoms with Crippen molar-refractivity contribution in [2.75, 3.05) is 7.11 Å². The fraction of sp³-hybridized carbons (Fsp3) is 0.450. The van der Waals surface area contributed by atoms with E-state index < -0.39 is 35.5 Å². The van der Waals surface area contributed by atoms with Gasteiger partial charge in [-0.15, -0.1) is 0 Å². The molecule has 3 rings (SSSR count). The Morgan fingerprint density at radius 1 is 1.26 bits per heavy atom. The number of amides is 2. The quantitative estimate of drug-likeness (QED) is 0.837. The highest BCUT2D eigenvalue weighted by Crippen LogP contribution is 2.32. The van der Waals surface area contributed by atoms with Crippen LogP contribution in [0.5, 0.6) is 0 Å². The second-order valence-electron chi connectivity index (χ2n) is 7.72. The monoisotopic (exact) mass is 372 g/mol. The summed E-state index contributed by atoms with van der Waals surface area (Å²) in [5.41, 5.74) is 1.18. The first kappa shape index (κ1) is 18.9. The molecule has 0 unspecified atom stereocenters. The van der Waals surface area contributed by atoms with Gasteiger partial charge in [0.1, 0.15) is 11.6 Å². The van der Waals surface area contributed by atoms with Crippen LogP contribution in [0.2, 0.25) is 0 Å². The Morgan fingerprint density at radius 2 is 1.96 bits per heavy atom. The van der Waals surface area contributed by atoms with Gasteiger partial charge in [-0.05, 0) is 45.2 Å². The summed E-state index contributed by atoms with van der Waals surface area (Å²) >= 11 is 0. The fourth-order valence-electron chi connectivity index (χ4n) is 3.43. The van der Waals surface area contributed by atoms with Crippen molar-refractivity contribution in [3.63, 3.8) is 0 Å². The number of carbonyl (C=O) groups is 3. The van der Waals surface area contributed by atoms with Crippen LogP contribution in [0.15, 0.2) is 30.5 Å². The molecule has 0 aliphatic carbocycles. The van der Waals surface area contributed by atoms with Gasteiger partial charge in [-0.25, -0.2) is 14.5 Å². The van der Waals surface area contributed by atoms with Crippen molar-refractivity contribution < 1.29 is 23.9 Å². The number of para-hydroxylation sites is 1. The highest BCUT2D eigenvalue weighted by atomic mass is 16.6. The number of H-pyrrole nitrogens is 1. The molecule has 144 valence electrons. The number of rotatable bonds is 3. The van der Waals surface area contributed by atoms with Crippen LogP contribution in [0.1, 0.15) is 32.8 Å². The Kier molecular flexibility index (Phi) is 4.95. The maximum Gasteiger partial charge on any atom is 0.417 e. The summed E-state index contributed by atoms with van der Waals surface area (Å²) in [6, 6.07) is 6.83. The predicted octanol–water partition coefficient (Wildman–Crippen LogP) is 3.04. The molecule has 1 aromatic heterocycles. The zero-order chi connectivity index (χ0) is 19.8. The molecule has 7 heteroatoms. The second kappa shape index (κ2) is 7.06. The topological polar surface area (TPSA) is 88.7 Å². The van der Waals surface area contributed by atoms with Crippen LogP contribution in [0.3, 0.4) is 0 Å². The molecule has 27 heavy (non-hydrogen) atoms. The number of esters is 1. The number of aromatic amines is 1. The third kappa shape index (κ3) is 3.82. The van der Waals surface area contributed by atoms with Crippen molar-refractivity contribution in [3.05, 3.63) is 36.0 Å². The fourth-order valence-corrected chi connectivity index (χ4v) is 3.43. The van der Waals surface area contributed by atoms with Gasteiger partial charge in [0.25, 0.3) is 0 Å². The van der Waals surface area contributed by atoms with E-state index in [1.807, 2.05) is 30.5 Å². The van der Waals surface area contributed by atoms with Crippen molar-refractivity contribution in [2.45, 2.75) is 45.3 Å². The number of methoxy groups -OCH3 is 1. The molecular formula is C20H24N2O5. The molecule has 1 fully saturated rings. The van der Waals surface area contributed by atoms with Gasteiger partial charge in [0.05, 0.1) is 7.11 Å². The lowest BCUT2D eigenvalue weighted by Crippen LogP contribution is -2.46. The van der Waals surface area contributed by atoms with Crippen LogP contribution < -0.4 is 0 Å². The summed E-state index contributed by atoms with van der Waals surface area (Å²) in [7, 11) is 1.24. The molecule has 2 atom stereocenters. The van der Waals surface area contributed by atoms with Gasteiger partial charge >= 0.3 is 12.1 Å². The van der Waals surface area contributed by atoms with E-state index in [2.05, 4.69) is 4.98 Å². The minimum atomic E-state index is -0.965. The number of hydrogen-bond donors (Lipinski definition) is 1. The van der Waals surface area contributed by atoms with E-state index >= 15 is 0 Å².